The Labute approximate surface area is 99.7 Å². The predicted molar refractivity (Wildman–Crippen MR) is 64.4 cm³/mol. The van der Waals surface area contributed by atoms with Gasteiger partial charge in [-0.25, -0.2) is 4.98 Å². The zero-order valence-corrected chi connectivity index (χ0v) is 9.59. The normalized spacial score (nSPS) is 9.88. The highest BCUT2D eigenvalue weighted by atomic mass is 15.0. The van der Waals surface area contributed by atoms with Crippen molar-refractivity contribution in [2.24, 2.45) is 7.05 Å². The van der Waals surface area contributed by atoms with E-state index in [1.165, 1.54) is 0 Å². The summed E-state index contributed by atoms with van der Waals surface area (Å²) in [6.07, 6.45) is 7.78. The number of hydrogen-bond acceptors (Lipinski definition) is 4. The lowest BCUT2D eigenvalue weighted by Crippen LogP contribution is -2.09. The maximum atomic E-state index is 8.91. The van der Waals surface area contributed by atoms with Crippen LogP contribution >= 0.6 is 0 Å². The van der Waals surface area contributed by atoms with Crippen LogP contribution in [0.2, 0.25) is 0 Å². The number of nitrogens with zero attached hydrogens (tertiary/aromatic N) is 4. The van der Waals surface area contributed by atoms with Gasteiger partial charge in [-0.15, -0.1) is 0 Å². The number of nitrogens with one attached hydrogen (secondary N) is 1. The van der Waals surface area contributed by atoms with Crippen LogP contribution < -0.4 is 5.32 Å². The number of imidazole rings is 1. The highest BCUT2D eigenvalue weighted by Gasteiger charge is 2.02. The molecule has 0 amide bonds. The number of rotatable bonds is 4. The molecule has 5 nitrogen and oxygen atoms in total. The summed E-state index contributed by atoms with van der Waals surface area (Å²) in [6, 6.07) is 3.82. The summed E-state index contributed by atoms with van der Waals surface area (Å²) in [5.41, 5.74) is 1.38. The highest BCUT2D eigenvalue weighted by molar-refractivity contribution is 5.55. The Morgan fingerprint density at radius 3 is 3.06 bits per heavy atom. The Morgan fingerprint density at radius 1 is 1.47 bits per heavy atom. The predicted octanol–water partition coefficient (Wildman–Crippen LogP) is 1.34. The van der Waals surface area contributed by atoms with Gasteiger partial charge in [0.15, 0.2) is 0 Å². The quantitative estimate of drug-likeness (QED) is 0.856. The first-order valence-electron chi connectivity index (χ1n) is 5.35. The summed E-state index contributed by atoms with van der Waals surface area (Å²) in [4.78, 5) is 8.22. The maximum Gasteiger partial charge on any atom is 0.110 e. The molecule has 17 heavy (non-hydrogen) atoms. The molecule has 5 heteroatoms. The van der Waals surface area contributed by atoms with Gasteiger partial charge in [0.25, 0.3) is 0 Å². The van der Waals surface area contributed by atoms with Gasteiger partial charge in [0, 0.05) is 38.6 Å². The third-order valence-corrected chi connectivity index (χ3v) is 2.53. The van der Waals surface area contributed by atoms with Gasteiger partial charge in [-0.2, -0.15) is 5.26 Å². The lowest BCUT2D eigenvalue weighted by Gasteiger charge is -2.07. The van der Waals surface area contributed by atoms with Crippen LogP contribution in [0.15, 0.2) is 30.9 Å². The van der Waals surface area contributed by atoms with Crippen molar-refractivity contribution in [1.82, 2.24) is 14.5 Å². The average molecular weight is 227 g/mol. The first-order valence-corrected chi connectivity index (χ1v) is 5.35. The summed E-state index contributed by atoms with van der Waals surface area (Å²) in [7, 11) is 1.97. The second-order valence-corrected chi connectivity index (χ2v) is 3.66. The van der Waals surface area contributed by atoms with Crippen LogP contribution in [0.5, 0.6) is 0 Å². The van der Waals surface area contributed by atoms with Gasteiger partial charge >= 0.3 is 0 Å². The van der Waals surface area contributed by atoms with Crippen LogP contribution in [-0.2, 0) is 13.5 Å². The molecule has 0 unspecified atom stereocenters. The summed E-state index contributed by atoms with van der Waals surface area (Å²) in [6.45, 7) is 0.727. The van der Waals surface area contributed by atoms with E-state index >= 15 is 0 Å². The van der Waals surface area contributed by atoms with Crippen molar-refractivity contribution in [3.63, 3.8) is 0 Å². The van der Waals surface area contributed by atoms with Crippen LogP contribution in [0, 0.1) is 11.3 Å². The van der Waals surface area contributed by atoms with Gasteiger partial charge in [0.1, 0.15) is 11.9 Å². The van der Waals surface area contributed by atoms with Crippen LogP contribution in [0.1, 0.15) is 11.4 Å². The average Bonchev–Trinajstić information content (AvgIpc) is 2.76. The van der Waals surface area contributed by atoms with Gasteiger partial charge < -0.3 is 9.88 Å². The van der Waals surface area contributed by atoms with Crippen molar-refractivity contribution in [2.45, 2.75) is 6.42 Å². The topological polar surface area (TPSA) is 66.5 Å². The number of aryl methyl sites for hydroxylation is 1. The Bertz CT molecular complexity index is 538. The summed E-state index contributed by atoms with van der Waals surface area (Å²) < 4.78 is 1.98. The van der Waals surface area contributed by atoms with E-state index in [9.17, 15) is 0 Å². The van der Waals surface area contributed by atoms with E-state index in [-0.39, 0.29) is 0 Å². The highest BCUT2D eigenvalue weighted by Crippen LogP contribution is 2.11. The largest absolute Gasteiger partial charge is 0.382 e. The minimum absolute atomic E-state index is 0.611. The van der Waals surface area contributed by atoms with E-state index in [1.807, 2.05) is 17.8 Å². The van der Waals surface area contributed by atoms with Gasteiger partial charge in [-0.05, 0) is 6.07 Å². The zero-order chi connectivity index (χ0) is 12.1. The van der Waals surface area contributed by atoms with Crippen LogP contribution in [0.3, 0.4) is 0 Å². The van der Waals surface area contributed by atoms with E-state index in [0.717, 1.165) is 24.5 Å². The second kappa shape index (κ2) is 5.12. The molecule has 0 aliphatic heterocycles. The van der Waals surface area contributed by atoms with E-state index < -0.39 is 0 Å². The third-order valence-electron chi connectivity index (χ3n) is 2.53. The lowest BCUT2D eigenvalue weighted by molar-refractivity contribution is 0.789. The third kappa shape index (κ3) is 2.61. The van der Waals surface area contributed by atoms with E-state index in [2.05, 4.69) is 21.4 Å². The Kier molecular flexibility index (Phi) is 3.36. The minimum Gasteiger partial charge on any atom is -0.382 e. The van der Waals surface area contributed by atoms with Crippen molar-refractivity contribution < 1.29 is 0 Å². The molecule has 0 bridgehead atoms. The molecule has 0 radical (unpaired) electrons. The number of pyridine rings is 1. The molecule has 0 saturated heterocycles. The number of nitriles is 1. The van der Waals surface area contributed by atoms with Crippen molar-refractivity contribution >= 4 is 5.69 Å². The maximum absolute atomic E-state index is 8.91. The molecule has 0 atom stereocenters. The first kappa shape index (κ1) is 11.1. The second-order valence-electron chi connectivity index (χ2n) is 3.66. The van der Waals surface area contributed by atoms with E-state index in [4.69, 9.17) is 5.26 Å². The van der Waals surface area contributed by atoms with Crippen molar-refractivity contribution in [1.29, 1.82) is 5.26 Å². The zero-order valence-electron chi connectivity index (χ0n) is 9.59. The van der Waals surface area contributed by atoms with Gasteiger partial charge in [0.2, 0.25) is 0 Å². The van der Waals surface area contributed by atoms with E-state index in [1.54, 1.807) is 24.7 Å². The summed E-state index contributed by atoms with van der Waals surface area (Å²) in [5.74, 6) is 1.01. The Morgan fingerprint density at radius 2 is 2.35 bits per heavy atom. The Balaban J connectivity index is 1.95. The first-order chi connectivity index (χ1) is 8.31. The Hall–Kier alpha value is -2.35. The standard InChI is InChI=1S/C12H13N5/c1-17-7-6-16-12(17)3-5-15-11-9-14-4-2-10(11)8-13/h2,4,6-7,9,15H,3,5H2,1H3. The van der Waals surface area contributed by atoms with Crippen molar-refractivity contribution in [2.75, 3.05) is 11.9 Å². The lowest BCUT2D eigenvalue weighted by atomic mass is 10.2. The minimum atomic E-state index is 0.611. The molecule has 2 rings (SSSR count). The van der Waals surface area contributed by atoms with Crippen LogP contribution in [-0.4, -0.2) is 21.1 Å². The molecule has 2 aromatic heterocycles. The fourth-order valence-corrected chi connectivity index (χ4v) is 1.58. The van der Waals surface area contributed by atoms with Crippen molar-refractivity contribution in [3.05, 3.63) is 42.2 Å². The molecule has 2 heterocycles. The monoisotopic (exact) mass is 227 g/mol. The molecule has 1 N–H and O–H groups in total. The number of hydrogen-bond donors (Lipinski definition) is 1. The molecule has 86 valence electrons. The number of aromatic nitrogens is 3. The molecule has 0 aromatic carbocycles. The molecule has 0 fully saturated rings. The van der Waals surface area contributed by atoms with Crippen LogP contribution in [0.25, 0.3) is 0 Å². The molecule has 0 spiro atoms. The molecular formula is C12H13N5. The van der Waals surface area contributed by atoms with Gasteiger partial charge in [-0.3, -0.25) is 4.98 Å². The van der Waals surface area contributed by atoms with Crippen LogP contribution in [0.4, 0.5) is 5.69 Å². The van der Waals surface area contributed by atoms with Gasteiger partial charge in [0.05, 0.1) is 17.4 Å². The van der Waals surface area contributed by atoms with Crippen molar-refractivity contribution in [3.8, 4) is 6.07 Å². The summed E-state index contributed by atoms with van der Waals surface area (Å²) >= 11 is 0. The SMILES string of the molecule is Cn1ccnc1CCNc1cnccc1C#N. The number of anilines is 1. The molecule has 0 aliphatic carbocycles. The fraction of sp³-hybridized carbons (Fsp3) is 0.250. The summed E-state index contributed by atoms with van der Waals surface area (Å²) in [5, 5.41) is 12.1. The molecule has 0 aliphatic rings. The van der Waals surface area contributed by atoms with E-state index in [0.29, 0.717) is 5.56 Å². The van der Waals surface area contributed by atoms with Gasteiger partial charge in [-0.1, -0.05) is 0 Å². The molecule has 0 saturated carbocycles. The fourth-order valence-electron chi connectivity index (χ4n) is 1.58. The molecular weight excluding hydrogens is 214 g/mol. The smallest absolute Gasteiger partial charge is 0.110 e. The molecule has 2 aromatic rings.